The van der Waals surface area contributed by atoms with Crippen LogP contribution < -0.4 is 10.6 Å². The van der Waals surface area contributed by atoms with E-state index in [2.05, 4.69) is 24.5 Å². The summed E-state index contributed by atoms with van der Waals surface area (Å²) in [7, 11) is 0. The molecule has 0 spiro atoms. The molecule has 4 unspecified atom stereocenters. The molecule has 84 valence electrons. The molecule has 0 aromatic rings. The van der Waals surface area contributed by atoms with Gasteiger partial charge in [0.2, 0.25) is 0 Å². The third-order valence-corrected chi connectivity index (χ3v) is 4.69. The second kappa shape index (κ2) is 3.34. The van der Waals surface area contributed by atoms with Crippen LogP contribution in [0.4, 0.5) is 0 Å². The SMILES string of the molecule is CC(C)NC(=S)NC1C2C3CCC(C3)C12. The van der Waals surface area contributed by atoms with E-state index in [1.165, 1.54) is 19.3 Å². The monoisotopic (exact) mass is 224 g/mol. The summed E-state index contributed by atoms with van der Waals surface area (Å²) in [5, 5.41) is 7.65. The van der Waals surface area contributed by atoms with Crippen LogP contribution in [0.2, 0.25) is 0 Å². The van der Waals surface area contributed by atoms with Crippen LogP contribution >= 0.6 is 12.2 Å². The van der Waals surface area contributed by atoms with Crippen molar-refractivity contribution in [1.82, 2.24) is 10.6 Å². The normalized spacial score (nSPS) is 45.4. The van der Waals surface area contributed by atoms with Gasteiger partial charge in [-0.2, -0.15) is 0 Å². The molecule has 0 radical (unpaired) electrons. The molecule has 0 aromatic carbocycles. The minimum atomic E-state index is 0.445. The molecule has 15 heavy (non-hydrogen) atoms. The molecule has 2 nitrogen and oxygen atoms in total. The minimum absolute atomic E-state index is 0.445. The van der Waals surface area contributed by atoms with Gasteiger partial charge in [-0.15, -0.1) is 0 Å². The molecule has 3 saturated carbocycles. The van der Waals surface area contributed by atoms with Crippen molar-refractivity contribution in [3.05, 3.63) is 0 Å². The summed E-state index contributed by atoms with van der Waals surface area (Å²) < 4.78 is 0. The van der Waals surface area contributed by atoms with E-state index in [0.717, 1.165) is 34.8 Å². The van der Waals surface area contributed by atoms with Gasteiger partial charge in [-0.3, -0.25) is 0 Å². The summed E-state index contributed by atoms with van der Waals surface area (Å²) in [5.74, 6) is 3.99. The van der Waals surface area contributed by atoms with Gasteiger partial charge < -0.3 is 10.6 Å². The van der Waals surface area contributed by atoms with Gasteiger partial charge in [0.05, 0.1) is 0 Å². The fraction of sp³-hybridized carbons (Fsp3) is 0.917. The third-order valence-electron chi connectivity index (χ3n) is 4.45. The van der Waals surface area contributed by atoms with Gasteiger partial charge in [0.1, 0.15) is 0 Å². The average molecular weight is 224 g/mol. The Hall–Kier alpha value is -0.310. The summed E-state index contributed by atoms with van der Waals surface area (Å²) in [6.45, 7) is 4.26. The van der Waals surface area contributed by atoms with Crippen molar-refractivity contribution in [1.29, 1.82) is 0 Å². The van der Waals surface area contributed by atoms with Crippen LogP contribution in [-0.4, -0.2) is 17.2 Å². The van der Waals surface area contributed by atoms with Gasteiger partial charge in [-0.1, -0.05) is 0 Å². The second-order valence-corrected chi connectivity index (χ2v) is 6.19. The lowest BCUT2D eigenvalue weighted by Crippen LogP contribution is -2.41. The van der Waals surface area contributed by atoms with Crippen LogP contribution in [0.15, 0.2) is 0 Å². The van der Waals surface area contributed by atoms with Gasteiger partial charge in [-0.05, 0) is 69.0 Å². The van der Waals surface area contributed by atoms with Gasteiger partial charge in [0, 0.05) is 12.1 Å². The summed E-state index contributed by atoms with van der Waals surface area (Å²) in [6.07, 6.45) is 4.47. The Bertz CT molecular complexity index is 273. The van der Waals surface area contributed by atoms with E-state index >= 15 is 0 Å². The Morgan fingerprint density at radius 3 is 2.33 bits per heavy atom. The summed E-state index contributed by atoms with van der Waals surface area (Å²) in [6, 6.07) is 1.16. The number of hydrogen-bond acceptors (Lipinski definition) is 1. The van der Waals surface area contributed by atoms with E-state index in [-0.39, 0.29) is 0 Å². The highest BCUT2D eigenvalue weighted by Gasteiger charge is 2.65. The highest BCUT2D eigenvalue weighted by Crippen LogP contribution is 2.65. The van der Waals surface area contributed by atoms with Crippen molar-refractivity contribution in [2.75, 3.05) is 0 Å². The van der Waals surface area contributed by atoms with E-state index in [9.17, 15) is 0 Å². The van der Waals surface area contributed by atoms with Crippen LogP contribution in [0.5, 0.6) is 0 Å². The van der Waals surface area contributed by atoms with E-state index in [4.69, 9.17) is 12.2 Å². The lowest BCUT2D eigenvalue weighted by molar-refractivity contribution is 0.456. The van der Waals surface area contributed by atoms with Gasteiger partial charge in [-0.25, -0.2) is 0 Å². The zero-order chi connectivity index (χ0) is 10.6. The van der Waals surface area contributed by atoms with Crippen molar-refractivity contribution >= 4 is 17.3 Å². The maximum atomic E-state index is 5.30. The maximum absolute atomic E-state index is 5.30. The topological polar surface area (TPSA) is 24.1 Å². The summed E-state index contributed by atoms with van der Waals surface area (Å²) in [4.78, 5) is 0. The number of hydrogen-bond donors (Lipinski definition) is 2. The Labute approximate surface area is 97.2 Å². The summed E-state index contributed by atoms with van der Waals surface area (Å²) >= 11 is 5.30. The zero-order valence-corrected chi connectivity index (χ0v) is 10.3. The molecule has 0 saturated heterocycles. The van der Waals surface area contributed by atoms with Crippen LogP contribution in [0.25, 0.3) is 0 Å². The molecule has 0 heterocycles. The van der Waals surface area contributed by atoms with Crippen molar-refractivity contribution in [3.63, 3.8) is 0 Å². The molecule has 0 amide bonds. The predicted molar refractivity (Wildman–Crippen MR) is 65.6 cm³/mol. The molecule has 2 bridgehead atoms. The first kappa shape index (κ1) is 9.88. The van der Waals surface area contributed by atoms with Gasteiger partial charge in [0.15, 0.2) is 5.11 Å². The average Bonchev–Trinajstić information content (AvgIpc) is 2.58. The standard InChI is InChI=1S/C12H20N2S/c1-6(2)13-12(15)14-11-9-7-3-4-8(5-7)10(9)11/h6-11H,3-5H2,1-2H3,(H2,13,14,15). The molecule has 3 fully saturated rings. The van der Waals surface area contributed by atoms with E-state index < -0.39 is 0 Å². The lowest BCUT2D eigenvalue weighted by Gasteiger charge is -2.15. The van der Waals surface area contributed by atoms with Crippen LogP contribution in [0.3, 0.4) is 0 Å². The molecule has 3 heteroatoms. The van der Waals surface area contributed by atoms with Crippen LogP contribution in [0.1, 0.15) is 33.1 Å². The fourth-order valence-corrected chi connectivity index (χ4v) is 4.35. The first-order chi connectivity index (χ1) is 7.16. The molecule has 3 aliphatic rings. The lowest BCUT2D eigenvalue weighted by atomic mass is 10.0. The number of rotatable bonds is 2. The molecule has 0 aromatic heterocycles. The number of thiocarbonyl (C=S) groups is 1. The Kier molecular flexibility index (Phi) is 2.20. The van der Waals surface area contributed by atoms with E-state index in [1.807, 2.05) is 0 Å². The Morgan fingerprint density at radius 1 is 1.20 bits per heavy atom. The number of fused-ring (bicyclic) bond motifs is 5. The number of nitrogens with one attached hydrogen (secondary N) is 2. The highest BCUT2D eigenvalue weighted by atomic mass is 32.1. The highest BCUT2D eigenvalue weighted by molar-refractivity contribution is 7.80. The molecule has 0 aliphatic heterocycles. The third kappa shape index (κ3) is 1.55. The zero-order valence-electron chi connectivity index (χ0n) is 9.49. The first-order valence-electron chi connectivity index (χ1n) is 6.24. The van der Waals surface area contributed by atoms with E-state index in [1.54, 1.807) is 0 Å². The predicted octanol–water partition coefficient (Wildman–Crippen LogP) is 1.90. The molecule has 3 rings (SSSR count). The molecule has 3 aliphatic carbocycles. The summed E-state index contributed by atoms with van der Waals surface area (Å²) in [5.41, 5.74) is 0. The van der Waals surface area contributed by atoms with Crippen molar-refractivity contribution in [3.8, 4) is 0 Å². The molecule has 4 atom stereocenters. The smallest absolute Gasteiger partial charge is 0.166 e. The Balaban J connectivity index is 1.53. The quantitative estimate of drug-likeness (QED) is 0.701. The van der Waals surface area contributed by atoms with Crippen molar-refractivity contribution < 1.29 is 0 Å². The minimum Gasteiger partial charge on any atom is -0.361 e. The Morgan fingerprint density at radius 2 is 1.80 bits per heavy atom. The molecule has 2 N–H and O–H groups in total. The van der Waals surface area contributed by atoms with E-state index in [0.29, 0.717) is 6.04 Å². The van der Waals surface area contributed by atoms with Gasteiger partial charge >= 0.3 is 0 Å². The fourth-order valence-electron chi connectivity index (χ4n) is 3.97. The molecular formula is C12H20N2S. The second-order valence-electron chi connectivity index (χ2n) is 5.79. The molecular weight excluding hydrogens is 204 g/mol. The largest absolute Gasteiger partial charge is 0.361 e. The van der Waals surface area contributed by atoms with Gasteiger partial charge in [0.25, 0.3) is 0 Å². The van der Waals surface area contributed by atoms with Crippen molar-refractivity contribution in [2.45, 2.75) is 45.2 Å². The first-order valence-corrected chi connectivity index (χ1v) is 6.64. The maximum Gasteiger partial charge on any atom is 0.166 e. The van der Waals surface area contributed by atoms with Crippen molar-refractivity contribution in [2.24, 2.45) is 23.7 Å². The van der Waals surface area contributed by atoms with Crippen LogP contribution in [0, 0.1) is 23.7 Å². The van der Waals surface area contributed by atoms with Crippen LogP contribution in [-0.2, 0) is 0 Å².